The SMILES string of the molecule is O=C(NCC1CCCO1)C1(C(=O)Nc2ccc(F)c(F)c2F)CC1. The summed E-state index contributed by atoms with van der Waals surface area (Å²) in [6.45, 7) is 0.967. The van der Waals surface area contributed by atoms with Crippen molar-refractivity contribution in [1.82, 2.24) is 5.32 Å². The Bertz CT molecular complexity index is 671. The molecule has 0 radical (unpaired) electrons. The number of halogens is 3. The van der Waals surface area contributed by atoms with E-state index < -0.39 is 40.4 Å². The third-order valence-corrected chi connectivity index (χ3v) is 4.42. The van der Waals surface area contributed by atoms with Gasteiger partial charge in [0.2, 0.25) is 11.8 Å². The van der Waals surface area contributed by atoms with Gasteiger partial charge in [-0.2, -0.15) is 0 Å². The number of carbonyl (C=O) groups is 2. The van der Waals surface area contributed by atoms with E-state index in [2.05, 4.69) is 10.6 Å². The lowest BCUT2D eigenvalue weighted by Gasteiger charge is -2.17. The zero-order valence-corrected chi connectivity index (χ0v) is 12.8. The van der Waals surface area contributed by atoms with Crippen molar-refractivity contribution in [3.05, 3.63) is 29.6 Å². The fourth-order valence-electron chi connectivity index (χ4n) is 2.73. The molecule has 2 amide bonds. The molecule has 2 N–H and O–H groups in total. The zero-order valence-electron chi connectivity index (χ0n) is 12.8. The average Bonchev–Trinajstić information content (AvgIpc) is 3.23. The lowest BCUT2D eigenvalue weighted by molar-refractivity contribution is -0.134. The minimum Gasteiger partial charge on any atom is -0.376 e. The average molecular weight is 342 g/mol. The van der Waals surface area contributed by atoms with Gasteiger partial charge >= 0.3 is 0 Å². The van der Waals surface area contributed by atoms with Gasteiger partial charge in [-0.3, -0.25) is 9.59 Å². The number of nitrogens with one attached hydrogen (secondary N) is 2. The van der Waals surface area contributed by atoms with Crippen LogP contribution in [0.3, 0.4) is 0 Å². The van der Waals surface area contributed by atoms with E-state index in [9.17, 15) is 22.8 Å². The molecule has 1 aliphatic heterocycles. The molecule has 1 unspecified atom stereocenters. The minimum atomic E-state index is -1.67. The number of ether oxygens (including phenoxy) is 1. The van der Waals surface area contributed by atoms with Crippen molar-refractivity contribution in [1.29, 1.82) is 0 Å². The van der Waals surface area contributed by atoms with Gasteiger partial charge in [-0.1, -0.05) is 0 Å². The van der Waals surface area contributed by atoms with Crippen LogP contribution in [-0.2, 0) is 14.3 Å². The second kappa shape index (κ2) is 6.43. The summed E-state index contributed by atoms with van der Waals surface area (Å²) in [5, 5.41) is 4.85. The van der Waals surface area contributed by atoms with Crippen LogP contribution in [-0.4, -0.2) is 31.1 Å². The van der Waals surface area contributed by atoms with Crippen molar-refractivity contribution in [2.75, 3.05) is 18.5 Å². The monoisotopic (exact) mass is 342 g/mol. The first-order chi connectivity index (χ1) is 11.4. The van der Waals surface area contributed by atoms with Crippen molar-refractivity contribution >= 4 is 17.5 Å². The van der Waals surface area contributed by atoms with E-state index in [1.807, 2.05) is 0 Å². The molecular weight excluding hydrogens is 325 g/mol. The Balaban J connectivity index is 1.63. The maximum absolute atomic E-state index is 13.6. The lowest BCUT2D eigenvalue weighted by Crippen LogP contribution is -2.42. The second-order valence-electron chi connectivity index (χ2n) is 6.10. The van der Waals surface area contributed by atoms with E-state index in [4.69, 9.17) is 4.74 Å². The summed E-state index contributed by atoms with van der Waals surface area (Å²) in [5.41, 5.74) is -1.77. The van der Waals surface area contributed by atoms with Gasteiger partial charge in [0.15, 0.2) is 17.5 Å². The molecule has 1 atom stereocenters. The third kappa shape index (κ3) is 3.10. The molecule has 8 heteroatoms. The summed E-state index contributed by atoms with van der Waals surface area (Å²) in [5.74, 6) is -5.68. The number of benzene rings is 1. The summed E-state index contributed by atoms with van der Waals surface area (Å²) in [6, 6.07) is 1.64. The van der Waals surface area contributed by atoms with Gasteiger partial charge in [0, 0.05) is 13.2 Å². The number of amides is 2. The molecule has 1 saturated carbocycles. The first-order valence-electron chi connectivity index (χ1n) is 7.79. The summed E-state index contributed by atoms with van der Waals surface area (Å²) < 4.78 is 45.2. The summed E-state index contributed by atoms with van der Waals surface area (Å²) in [6.07, 6.45) is 2.36. The van der Waals surface area contributed by atoms with Gasteiger partial charge in [-0.15, -0.1) is 0 Å². The fraction of sp³-hybridized carbons (Fsp3) is 0.500. The standard InChI is InChI=1S/C16H17F3N2O3/c17-10-3-4-11(13(19)12(10)18)21-15(23)16(5-6-16)14(22)20-8-9-2-1-7-24-9/h3-4,9H,1-2,5-8H2,(H,20,22)(H,21,23). The Morgan fingerprint density at radius 2 is 1.92 bits per heavy atom. The molecule has 1 aliphatic carbocycles. The van der Waals surface area contributed by atoms with E-state index in [1.165, 1.54) is 0 Å². The van der Waals surface area contributed by atoms with Crippen LogP contribution in [0.5, 0.6) is 0 Å². The van der Waals surface area contributed by atoms with Gasteiger partial charge in [0.25, 0.3) is 0 Å². The molecule has 1 saturated heterocycles. The predicted octanol–water partition coefficient (Wildman–Crippen LogP) is 2.12. The van der Waals surface area contributed by atoms with E-state index in [1.54, 1.807) is 0 Å². The van der Waals surface area contributed by atoms with E-state index in [0.717, 1.165) is 18.9 Å². The molecule has 1 aromatic rings. The Hall–Kier alpha value is -2.09. The topological polar surface area (TPSA) is 67.4 Å². The van der Waals surface area contributed by atoms with Crippen LogP contribution in [0.4, 0.5) is 18.9 Å². The number of anilines is 1. The van der Waals surface area contributed by atoms with Crippen LogP contribution in [0, 0.1) is 22.9 Å². The molecule has 2 fully saturated rings. The van der Waals surface area contributed by atoms with Crippen LogP contribution in [0.2, 0.25) is 0 Å². The van der Waals surface area contributed by atoms with Gasteiger partial charge in [0.05, 0.1) is 11.8 Å². The first kappa shape index (κ1) is 16.8. The quantitative estimate of drug-likeness (QED) is 0.636. The molecule has 1 heterocycles. The highest BCUT2D eigenvalue weighted by molar-refractivity contribution is 6.13. The Morgan fingerprint density at radius 3 is 2.54 bits per heavy atom. The molecule has 3 rings (SSSR count). The van der Waals surface area contributed by atoms with Crippen LogP contribution >= 0.6 is 0 Å². The Morgan fingerprint density at radius 1 is 1.17 bits per heavy atom. The van der Waals surface area contributed by atoms with Crippen LogP contribution in [0.15, 0.2) is 12.1 Å². The molecular formula is C16H17F3N2O3. The highest BCUT2D eigenvalue weighted by Crippen LogP contribution is 2.47. The molecule has 0 bridgehead atoms. The molecule has 2 aliphatic rings. The Kier molecular flexibility index (Phi) is 4.49. The normalized spacial score (nSPS) is 21.4. The molecule has 0 aromatic heterocycles. The summed E-state index contributed by atoms with van der Waals surface area (Å²) in [4.78, 5) is 24.6. The third-order valence-electron chi connectivity index (χ3n) is 4.42. The molecule has 24 heavy (non-hydrogen) atoms. The van der Waals surface area contributed by atoms with Crippen molar-refractivity contribution in [2.45, 2.75) is 31.8 Å². The zero-order chi connectivity index (χ0) is 17.3. The maximum atomic E-state index is 13.6. The van der Waals surface area contributed by atoms with Crippen molar-refractivity contribution in [3.8, 4) is 0 Å². The number of hydrogen-bond donors (Lipinski definition) is 2. The minimum absolute atomic E-state index is 0.0588. The highest BCUT2D eigenvalue weighted by Gasteiger charge is 2.56. The largest absolute Gasteiger partial charge is 0.376 e. The Labute approximate surface area is 136 Å². The van der Waals surface area contributed by atoms with E-state index in [-0.39, 0.29) is 6.10 Å². The van der Waals surface area contributed by atoms with Gasteiger partial charge in [0.1, 0.15) is 5.41 Å². The fourth-order valence-corrected chi connectivity index (χ4v) is 2.73. The molecule has 5 nitrogen and oxygen atoms in total. The number of hydrogen-bond acceptors (Lipinski definition) is 3. The maximum Gasteiger partial charge on any atom is 0.240 e. The molecule has 0 spiro atoms. The number of carbonyl (C=O) groups excluding carboxylic acids is 2. The van der Waals surface area contributed by atoms with Crippen molar-refractivity contribution < 1.29 is 27.5 Å². The van der Waals surface area contributed by atoms with Gasteiger partial charge in [-0.05, 0) is 37.8 Å². The molecule has 1 aromatic carbocycles. The predicted molar refractivity (Wildman–Crippen MR) is 78.6 cm³/mol. The summed E-state index contributed by atoms with van der Waals surface area (Å²) in [7, 11) is 0. The van der Waals surface area contributed by atoms with Crippen LogP contribution in [0.25, 0.3) is 0 Å². The van der Waals surface area contributed by atoms with E-state index in [0.29, 0.717) is 32.1 Å². The van der Waals surface area contributed by atoms with E-state index >= 15 is 0 Å². The van der Waals surface area contributed by atoms with Crippen LogP contribution < -0.4 is 10.6 Å². The van der Waals surface area contributed by atoms with Crippen molar-refractivity contribution in [2.24, 2.45) is 5.41 Å². The molecule has 130 valence electrons. The highest BCUT2D eigenvalue weighted by atomic mass is 19.2. The van der Waals surface area contributed by atoms with Crippen LogP contribution in [0.1, 0.15) is 25.7 Å². The van der Waals surface area contributed by atoms with Gasteiger partial charge in [-0.25, -0.2) is 13.2 Å². The second-order valence-corrected chi connectivity index (χ2v) is 6.10. The first-order valence-corrected chi connectivity index (χ1v) is 7.79. The van der Waals surface area contributed by atoms with Crippen molar-refractivity contribution in [3.63, 3.8) is 0 Å². The summed E-state index contributed by atoms with van der Waals surface area (Å²) >= 11 is 0. The lowest BCUT2D eigenvalue weighted by atomic mass is 10.0. The number of rotatable bonds is 5. The van der Waals surface area contributed by atoms with Gasteiger partial charge < -0.3 is 15.4 Å². The smallest absolute Gasteiger partial charge is 0.240 e.